The Morgan fingerprint density at radius 2 is 2.27 bits per heavy atom. The molecule has 0 aromatic carbocycles. The molecule has 4 nitrogen and oxygen atoms in total. The van der Waals surface area contributed by atoms with Gasteiger partial charge in [-0.1, -0.05) is 19.1 Å². The van der Waals surface area contributed by atoms with E-state index in [-0.39, 0.29) is 0 Å². The average molecular weight is 208 g/mol. The van der Waals surface area contributed by atoms with Gasteiger partial charge in [-0.15, -0.1) is 5.10 Å². The molecule has 0 bridgehead atoms. The van der Waals surface area contributed by atoms with Gasteiger partial charge in [0.2, 0.25) is 0 Å². The van der Waals surface area contributed by atoms with Crippen LogP contribution in [0.25, 0.3) is 0 Å². The number of aromatic nitrogens is 3. The Morgan fingerprint density at radius 1 is 1.53 bits per heavy atom. The fraction of sp³-hybridized carbons (Fsp3) is 0.818. The summed E-state index contributed by atoms with van der Waals surface area (Å²) < 4.78 is 1.92. The summed E-state index contributed by atoms with van der Waals surface area (Å²) in [7, 11) is 1.98. The molecule has 0 saturated carbocycles. The van der Waals surface area contributed by atoms with Crippen LogP contribution < -0.4 is 5.73 Å². The van der Waals surface area contributed by atoms with Crippen LogP contribution in [-0.4, -0.2) is 21.5 Å². The van der Waals surface area contributed by atoms with Crippen LogP contribution in [0.4, 0.5) is 0 Å². The van der Waals surface area contributed by atoms with Crippen molar-refractivity contribution in [3.63, 3.8) is 0 Å². The third kappa shape index (κ3) is 1.91. The van der Waals surface area contributed by atoms with Crippen molar-refractivity contribution in [2.24, 2.45) is 18.2 Å². The highest BCUT2D eigenvalue weighted by Gasteiger charge is 2.35. The van der Waals surface area contributed by atoms with Crippen molar-refractivity contribution < 1.29 is 0 Å². The third-order valence-corrected chi connectivity index (χ3v) is 3.32. The van der Waals surface area contributed by atoms with E-state index in [2.05, 4.69) is 24.2 Å². The van der Waals surface area contributed by atoms with Crippen molar-refractivity contribution in [3.8, 4) is 0 Å². The van der Waals surface area contributed by atoms with E-state index >= 15 is 0 Å². The summed E-state index contributed by atoms with van der Waals surface area (Å²) in [6, 6.07) is 0. The maximum absolute atomic E-state index is 5.66. The molecule has 2 N–H and O–H groups in total. The van der Waals surface area contributed by atoms with E-state index in [9.17, 15) is 0 Å². The second-order valence-electron chi connectivity index (χ2n) is 5.36. The Balaban J connectivity index is 2.35. The van der Waals surface area contributed by atoms with E-state index in [0.29, 0.717) is 11.3 Å². The molecule has 4 heteroatoms. The lowest BCUT2D eigenvalue weighted by molar-refractivity contribution is 0.266. The molecule has 1 unspecified atom stereocenters. The van der Waals surface area contributed by atoms with Crippen LogP contribution in [-0.2, 0) is 13.5 Å². The number of hydrogen-bond donors (Lipinski definition) is 1. The summed E-state index contributed by atoms with van der Waals surface area (Å²) in [5.74, 6) is 0.502. The van der Waals surface area contributed by atoms with E-state index < -0.39 is 0 Å². The Bertz CT molecular complexity index is 353. The predicted molar refractivity (Wildman–Crippen MR) is 59.5 cm³/mol. The summed E-state index contributed by atoms with van der Waals surface area (Å²) in [6.07, 6.45) is 3.28. The zero-order valence-corrected chi connectivity index (χ0v) is 9.82. The third-order valence-electron chi connectivity index (χ3n) is 3.32. The molecule has 0 saturated heterocycles. The summed E-state index contributed by atoms with van der Waals surface area (Å²) in [4.78, 5) is 0. The minimum absolute atomic E-state index is 0.350. The van der Waals surface area contributed by atoms with Crippen LogP contribution >= 0.6 is 0 Å². The number of fused-ring (bicyclic) bond motifs is 1. The molecule has 1 aromatic heterocycles. The molecule has 1 atom stereocenters. The smallest absolute Gasteiger partial charge is 0.0890 e. The van der Waals surface area contributed by atoms with E-state index in [1.807, 2.05) is 11.7 Å². The molecule has 0 fully saturated rings. The first kappa shape index (κ1) is 10.6. The predicted octanol–water partition coefficient (Wildman–Crippen LogP) is 1.22. The van der Waals surface area contributed by atoms with Gasteiger partial charge in [-0.3, -0.25) is 4.68 Å². The minimum atomic E-state index is 0.350. The molecule has 0 aliphatic heterocycles. The van der Waals surface area contributed by atoms with Crippen molar-refractivity contribution in [3.05, 3.63) is 11.4 Å². The normalized spacial score (nSPS) is 23.9. The first-order chi connectivity index (χ1) is 7.03. The molecule has 1 aliphatic rings. The van der Waals surface area contributed by atoms with E-state index in [0.717, 1.165) is 19.4 Å². The number of nitrogens with zero attached hydrogens (tertiary/aromatic N) is 3. The minimum Gasteiger partial charge on any atom is -0.330 e. The van der Waals surface area contributed by atoms with Crippen LogP contribution in [0.2, 0.25) is 0 Å². The fourth-order valence-electron chi connectivity index (χ4n) is 2.64. The van der Waals surface area contributed by atoms with Gasteiger partial charge in [0.25, 0.3) is 0 Å². The van der Waals surface area contributed by atoms with Crippen molar-refractivity contribution in [1.82, 2.24) is 15.0 Å². The second kappa shape index (κ2) is 3.59. The molecule has 1 aliphatic carbocycles. The highest BCUT2D eigenvalue weighted by molar-refractivity contribution is 5.21. The zero-order valence-electron chi connectivity index (χ0n) is 9.82. The van der Waals surface area contributed by atoms with E-state index in [1.165, 1.54) is 17.8 Å². The molecule has 1 aromatic rings. The van der Waals surface area contributed by atoms with E-state index in [1.54, 1.807) is 0 Å². The quantitative estimate of drug-likeness (QED) is 0.795. The number of hydrogen-bond acceptors (Lipinski definition) is 3. The van der Waals surface area contributed by atoms with Crippen LogP contribution in [0.3, 0.4) is 0 Å². The standard InChI is InChI=1S/C11H20N4/c1-11(2)6-8(4-5-12)10-9(7-11)15(3)14-13-10/h8H,4-7,12H2,1-3H3. The first-order valence-corrected chi connectivity index (χ1v) is 5.62. The summed E-state index contributed by atoms with van der Waals surface area (Å²) in [5.41, 5.74) is 8.49. The number of rotatable bonds is 2. The second-order valence-corrected chi connectivity index (χ2v) is 5.36. The first-order valence-electron chi connectivity index (χ1n) is 5.62. The summed E-state index contributed by atoms with van der Waals surface area (Å²) >= 11 is 0. The van der Waals surface area contributed by atoms with Gasteiger partial charge in [0.1, 0.15) is 0 Å². The Kier molecular flexibility index (Phi) is 2.54. The molecular formula is C11H20N4. The van der Waals surface area contributed by atoms with Crippen molar-refractivity contribution in [1.29, 1.82) is 0 Å². The van der Waals surface area contributed by atoms with Crippen molar-refractivity contribution in [2.75, 3.05) is 6.54 Å². The van der Waals surface area contributed by atoms with Gasteiger partial charge < -0.3 is 5.73 Å². The van der Waals surface area contributed by atoms with Crippen LogP contribution in [0.15, 0.2) is 0 Å². The SMILES string of the molecule is Cn1nnc2c1CC(C)(C)CC2CCN. The average Bonchev–Trinajstić information content (AvgIpc) is 2.47. The maximum atomic E-state index is 5.66. The van der Waals surface area contributed by atoms with Gasteiger partial charge in [0.05, 0.1) is 11.4 Å². The van der Waals surface area contributed by atoms with Crippen LogP contribution in [0.1, 0.15) is 44.0 Å². The van der Waals surface area contributed by atoms with Gasteiger partial charge >= 0.3 is 0 Å². The molecule has 1 heterocycles. The fourth-order valence-corrected chi connectivity index (χ4v) is 2.64. The lowest BCUT2D eigenvalue weighted by Crippen LogP contribution is -2.28. The van der Waals surface area contributed by atoms with Crippen molar-refractivity contribution >= 4 is 0 Å². The summed E-state index contributed by atoms with van der Waals surface area (Å²) in [5, 5.41) is 8.40. The Hall–Kier alpha value is -0.900. The molecule has 2 rings (SSSR count). The molecular weight excluding hydrogens is 188 g/mol. The molecule has 84 valence electrons. The lowest BCUT2D eigenvalue weighted by atomic mass is 9.72. The lowest BCUT2D eigenvalue weighted by Gasteiger charge is -2.34. The monoisotopic (exact) mass is 208 g/mol. The van der Waals surface area contributed by atoms with Gasteiger partial charge in [0.15, 0.2) is 0 Å². The number of aryl methyl sites for hydroxylation is 1. The van der Waals surface area contributed by atoms with Gasteiger partial charge in [-0.2, -0.15) is 0 Å². The summed E-state index contributed by atoms with van der Waals surface area (Å²) in [6.45, 7) is 5.36. The largest absolute Gasteiger partial charge is 0.330 e. The Labute approximate surface area is 90.8 Å². The van der Waals surface area contributed by atoms with Gasteiger partial charge in [-0.05, 0) is 31.2 Å². The van der Waals surface area contributed by atoms with Crippen LogP contribution in [0, 0.1) is 5.41 Å². The molecule has 15 heavy (non-hydrogen) atoms. The zero-order chi connectivity index (χ0) is 11.1. The Morgan fingerprint density at radius 3 is 2.93 bits per heavy atom. The van der Waals surface area contributed by atoms with Crippen LogP contribution in [0.5, 0.6) is 0 Å². The molecule has 0 spiro atoms. The topological polar surface area (TPSA) is 56.7 Å². The van der Waals surface area contributed by atoms with Gasteiger partial charge in [0, 0.05) is 13.0 Å². The molecule has 0 amide bonds. The number of nitrogens with two attached hydrogens (primary N) is 1. The maximum Gasteiger partial charge on any atom is 0.0890 e. The van der Waals surface area contributed by atoms with Crippen molar-refractivity contribution in [2.45, 2.75) is 39.0 Å². The highest BCUT2D eigenvalue weighted by atomic mass is 15.4. The van der Waals surface area contributed by atoms with Gasteiger partial charge in [-0.25, -0.2) is 0 Å². The molecule has 0 radical (unpaired) electrons. The van der Waals surface area contributed by atoms with E-state index in [4.69, 9.17) is 5.73 Å². The highest BCUT2D eigenvalue weighted by Crippen LogP contribution is 2.41.